The molecule has 2 amide bonds. The molecular formula is C14H11N3O5. The van der Waals surface area contributed by atoms with Gasteiger partial charge in [0.1, 0.15) is 17.3 Å². The summed E-state index contributed by atoms with van der Waals surface area (Å²) in [5.74, 6) is -1.43. The van der Waals surface area contributed by atoms with E-state index in [1.807, 2.05) is 0 Å². The van der Waals surface area contributed by atoms with Crippen molar-refractivity contribution in [2.45, 2.75) is 0 Å². The molecule has 1 aromatic carbocycles. The highest BCUT2D eigenvalue weighted by Gasteiger charge is 2.32. The van der Waals surface area contributed by atoms with E-state index in [9.17, 15) is 19.5 Å². The molecule has 0 spiro atoms. The van der Waals surface area contributed by atoms with Crippen molar-refractivity contribution in [1.82, 2.24) is 9.88 Å². The Morgan fingerprint density at radius 1 is 1.18 bits per heavy atom. The number of rotatable bonds is 2. The summed E-state index contributed by atoms with van der Waals surface area (Å²) in [6.07, 6.45) is 0. The van der Waals surface area contributed by atoms with Crippen molar-refractivity contribution >= 4 is 17.6 Å². The number of methoxy groups -OCH3 is 1. The number of nitrogens with zero attached hydrogens (tertiary/aromatic N) is 1. The Bertz CT molecular complexity index is 885. The number of phenolic OH excluding ortho intramolecular Hbond substituents is 1. The molecule has 0 radical (unpaired) electrons. The van der Waals surface area contributed by atoms with E-state index in [1.54, 1.807) is 0 Å². The molecule has 0 saturated heterocycles. The number of imide groups is 1. The van der Waals surface area contributed by atoms with Gasteiger partial charge in [-0.3, -0.25) is 24.3 Å². The van der Waals surface area contributed by atoms with Crippen LogP contribution in [-0.4, -0.2) is 28.6 Å². The highest BCUT2D eigenvalue weighted by molar-refractivity contribution is 6.23. The minimum absolute atomic E-state index is 0.0725. The molecule has 112 valence electrons. The van der Waals surface area contributed by atoms with E-state index in [2.05, 4.69) is 5.32 Å². The first-order chi connectivity index (χ1) is 10.4. The normalized spacial score (nSPS) is 13.0. The molecule has 8 nitrogen and oxygen atoms in total. The lowest BCUT2D eigenvalue weighted by Gasteiger charge is -2.13. The number of hydrogen-bond acceptors (Lipinski definition) is 6. The van der Waals surface area contributed by atoms with Gasteiger partial charge in [-0.05, 0) is 12.1 Å². The molecule has 3 rings (SSSR count). The van der Waals surface area contributed by atoms with Crippen molar-refractivity contribution in [2.24, 2.45) is 0 Å². The number of ether oxygens (including phenoxy) is 1. The molecule has 1 aliphatic rings. The van der Waals surface area contributed by atoms with Crippen LogP contribution in [0.4, 0.5) is 5.82 Å². The lowest BCUT2D eigenvalue weighted by atomic mass is 10.1. The average molecular weight is 301 g/mol. The summed E-state index contributed by atoms with van der Waals surface area (Å²) in [4.78, 5) is 35.6. The van der Waals surface area contributed by atoms with E-state index < -0.39 is 17.4 Å². The van der Waals surface area contributed by atoms with Crippen LogP contribution in [0.25, 0.3) is 5.69 Å². The van der Waals surface area contributed by atoms with Crippen LogP contribution in [0.5, 0.6) is 11.5 Å². The smallest absolute Gasteiger partial charge is 0.262 e. The molecule has 1 aliphatic heterocycles. The van der Waals surface area contributed by atoms with E-state index in [-0.39, 0.29) is 28.4 Å². The SMILES string of the molecule is COc1ccc(-n2c(N)c3c(cc2=O)C(=O)NC3=O)c(O)c1. The largest absolute Gasteiger partial charge is 0.506 e. The predicted octanol–water partition coefficient (Wildman–Crippen LogP) is 0.0175. The number of aromatic hydroxyl groups is 1. The maximum absolute atomic E-state index is 12.2. The highest BCUT2D eigenvalue weighted by atomic mass is 16.5. The Hall–Kier alpha value is -3.29. The number of carbonyl (C=O) groups excluding carboxylic acids is 2. The van der Waals surface area contributed by atoms with E-state index in [4.69, 9.17) is 10.5 Å². The number of hydrogen-bond donors (Lipinski definition) is 3. The quantitative estimate of drug-likeness (QED) is 0.672. The first-order valence-corrected chi connectivity index (χ1v) is 6.22. The molecule has 0 bridgehead atoms. The summed E-state index contributed by atoms with van der Waals surface area (Å²) < 4.78 is 5.93. The number of fused-ring (bicyclic) bond motifs is 1. The lowest BCUT2D eigenvalue weighted by molar-refractivity contribution is 0.0880. The van der Waals surface area contributed by atoms with Gasteiger partial charge in [-0.1, -0.05) is 0 Å². The number of benzene rings is 1. The molecule has 0 aliphatic carbocycles. The van der Waals surface area contributed by atoms with Gasteiger partial charge in [0, 0.05) is 12.1 Å². The van der Waals surface area contributed by atoms with Crippen molar-refractivity contribution in [3.63, 3.8) is 0 Å². The first-order valence-electron chi connectivity index (χ1n) is 6.22. The minimum Gasteiger partial charge on any atom is -0.506 e. The molecule has 0 fully saturated rings. The zero-order valence-corrected chi connectivity index (χ0v) is 11.4. The maximum Gasteiger partial charge on any atom is 0.262 e. The third-order valence-electron chi connectivity index (χ3n) is 3.38. The number of aromatic nitrogens is 1. The second-order valence-electron chi connectivity index (χ2n) is 4.63. The van der Waals surface area contributed by atoms with Gasteiger partial charge in [0.05, 0.1) is 23.9 Å². The average Bonchev–Trinajstić information content (AvgIpc) is 2.75. The number of nitrogens with one attached hydrogen (secondary N) is 1. The molecule has 22 heavy (non-hydrogen) atoms. The lowest BCUT2D eigenvalue weighted by Crippen LogP contribution is -2.24. The van der Waals surface area contributed by atoms with Gasteiger partial charge < -0.3 is 15.6 Å². The minimum atomic E-state index is -0.681. The highest BCUT2D eigenvalue weighted by Crippen LogP contribution is 2.29. The number of phenols is 1. The Kier molecular flexibility index (Phi) is 2.87. The van der Waals surface area contributed by atoms with Gasteiger partial charge >= 0.3 is 0 Å². The molecule has 0 saturated carbocycles. The Balaban J connectivity index is 2.30. The molecule has 1 aromatic heterocycles. The van der Waals surface area contributed by atoms with Crippen LogP contribution < -0.4 is 21.3 Å². The van der Waals surface area contributed by atoms with Crippen molar-refractivity contribution in [2.75, 3.05) is 12.8 Å². The molecule has 4 N–H and O–H groups in total. The topological polar surface area (TPSA) is 124 Å². The maximum atomic E-state index is 12.2. The first kappa shape index (κ1) is 13.7. The second kappa shape index (κ2) is 4.62. The van der Waals surface area contributed by atoms with Crippen LogP contribution in [0.3, 0.4) is 0 Å². The van der Waals surface area contributed by atoms with E-state index >= 15 is 0 Å². The molecule has 0 atom stereocenters. The third-order valence-corrected chi connectivity index (χ3v) is 3.38. The Morgan fingerprint density at radius 2 is 1.91 bits per heavy atom. The molecule has 8 heteroatoms. The van der Waals surface area contributed by atoms with Gasteiger partial charge in [-0.2, -0.15) is 0 Å². The zero-order valence-electron chi connectivity index (χ0n) is 11.4. The van der Waals surface area contributed by atoms with Gasteiger partial charge in [0.2, 0.25) is 0 Å². The monoisotopic (exact) mass is 301 g/mol. The summed E-state index contributed by atoms with van der Waals surface area (Å²) in [6.45, 7) is 0. The van der Waals surface area contributed by atoms with E-state index in [0.717, 1.165) is 10.6 Å². The fourth-order valence-corrected chi connectivity index (χ4v) is 2.35. The van der Waals surface area contributed by atoms with Gasteiger partial charge in [0.15, 0.2) is 0 Å². The molecular weight excluding hydrogens is 290 g/mol. The predicted molar refractivity (Wildman–Crippen MR) is 76.5 cm³/mol. The number of anilines is 1. The molecule has 0 unspecified atom stereocenters. The number of nitrogen functional groups attached to an aromatic ring is 1. The number of amides is 2. The second-order valence-corrected chi connectivity index (χ2v) is 4.63. The summed E-state index contributed by atoms with van der Waals surface area (Å²) in [5.41, 5.74) is 5.16. The van der Waals surface area contributed by atoms with Crippen molar-refractivity contribution < 1.29 is 19.4 Å². The van der Waals surface area contributed by atoms with Crippen LogP contribution in [0.1, 0.15) is 20.7 Å². The van der Waals surface area contributed by atoms with Crippen LogP contribution in [0, 0.1) is 0 Å². The number of pyridine rings is 1. The van der Waals surface area contributed by atoms with Crippen molar-refractivity contribution in [3.8, 4) is 17.2 Å². The van der Waals surface area contributed by atoms with Gasteiger partial charge in [-0.25, -0.2) is 0 Å². The zero-order chi connectivity index (χ0) is 16.0. The standard InChI is InChI=1S/C14H11N3O5/c1-22-6-2-3-8(9(18)4-6)17-10(19)5-7-11(12(17)15)14(21)16-13(7)20/h2-5,18H,15H2,1H3,(H,16,20,21). The van der Waals surface area contributed by atoms with Crippen LogP contribution in [-0.2, 0) is 0 Å². The van der Waals surface area contributed by atoms with Crippen LogP contribution in [0.15, 0.2) is 29.1 Å². The number of carbonyl (C=O) groups is 2. The van der Waals surface area contributed by atoms with Gasteiger partial charge in [-0.15, -0.1) is 0 Å². The summed E-state index contributed by atoms with van der Waals surface area (Å²) in [7, 11) is 1.43. The summed E-state index contributed by atoms with van der Waals surface area (Å²) >= 11 is 0. The molecule has 2 aromatic rings. The fraction of sp³-hybridized carbons (Fsp3) is 0.0714. The third kappa shape index (κ3) is 1.81. The van der Waals surface area contributed by atoms with Crippen molar-refractivity contribution in [3.05, 3.63) is 45.7 Å². The Morgan fingerprint density at radius 3 is 2.55 bits per heavy atom. The van der Waals surface area contributed by atoms with Crippen LogP contribution >= 0.6 is 0 Å². The van der Waals surface area contributed by atoms with Crippen LogP contribution in [0.2, 0.25) is 0 Å². The summed E-state index contributed by atoms with van der Waals surface area (Å²) in [5, 5.41) is 12.1. The number of nitrogens with two attached hydrogens (primary N) is 1. The van der Waals surface area contributed by atoms with E-state index in [0.29, 0.717) is 5.75 Å². The fourth-order valence-electron chi connectivity index (χ4n) is 2.35. The van der Waals surface area contributed by atoms with E-state index in [1.165, 1.54) is 25.3 Å². The molecule has 2 heterocycles. The van der Waals surface area contributed by atoms with Crippen molar-refractivity contribution in [1.29, 1.82) is 0 Å². The Labute approximate surface area is 123 Å². The van der Waals surface area contributed by atoms with Gasteiger partial charge in [0.25, 0.3) is 17.4 Å². The summed E-state index contributed by atoms with van der Waals surface area (Å²) in [6, 6.07) is 5.27.